The fourth-order valence-corrected chi connectivity index (χ4v) is 1.11. The fourth-order valence-electron chi connectivity index (χ4n) is 1.11. The van der Waals surface area contributed by atoms with Crippen molar-refractivity contribution < 1.29 is 24.5 Å². The Labute approximate surface area is 101 Å². The van der Waals surface area contributed by atoms with Gasteiger partial charge < -0.3 is 20.3 Å². The predicted octanol–water partition coefficient (Wildman–Crippen LogP) is 0.981. The lowest BCUT2D eigenvalue weighted by molar-refractivity contribution is -0.143. The molecule has 0 heterocycles. The summed E-state index contributed by atoms with van der Waals surface area (Å²) in [5.41, 5.74) is -0.712. The highest BCUT2D eigenvalue weighted by atomic mass is 16.6. The second kappa shape index (κ2) is 5.86. The predicted molar refractivity (Wildman–Crippen MR) is 61.6 cm³/mol. The van der Waals surface area contributed by atoms with E-state index in [0.29, 0.717) is 0 Å². The Morgan fingerprint density at radius 1 is 1.24 bits per heavy atom. The molecule has 17 heavy (non-hydrogen) atoms. The molecule has 6 nitrogen and oxygen atoms in total. The van der Waals surface area contributed by atoms with Gasteiger partial charge in [0.15, 0.2) is 6.04 Å². The highest BCUT2D eigenvalue weighted by Gasteiger charge is 2.31. The maximum absolute atomic E-state index is 11.4. The van der Waals surface area contributed by atoms with Crippen LogP contribution < -0.4 is 5.32 Å². The highest BCUT2D eigenvalue weighted by molar-refractivity contribution is 5.80. The van der Waals surface area contributed by atoms with Crippen LogP contribution in [-0.2, 0) is 9.53 Å². The minimum absolute atomic E-state index is 0.286. The van der Waals surface area contributed by atoms with E-state index < -0.39 is 29.8 Å². The molecule has 0 fully saturated rings. The van der Waals surface area contributed by atoms with E-state index in [9.17, 15) is 14.7 Å². The molecule has 0 spiro atoms. The van der Waals surface area contributed by atoms with E-state index in [0.717, 1.165) is 0 Å². The summed E-state index contributed by atoms with van der Waals surface area (Å²) in [7, 11) is 0. The van der Waals surface area contributed by atoms with Gasteiger partial charge in [-0.25, -0.2) is 9.59 Å². The zero-order valence-electron chi connectivity index (χ0n) is 10.9. The number of hydrogen-bond acceptors (Lipinski definition) is 4. The Bertz CT molecular complexity index is 282. The average molecular weight is 247 g/mol. The largest absolute Gasteiger partial charge is 0.480 e. The van der Waals surface area contributed by atoms with Gasteiger partial charge in [-0.15, -0.1) is 0 Å². The van der Waals surface area contributed by atoms with Gasteiger partial charge in [0.05, 0.1) is 6.10 Å². The molecule has 0 aliphatic carbocycles. The Morgan fingerprint density at radius 3 is 2.00 bits per heavy atom. The molecule has 100 valence electrons. The van der Waals surface area contributed by atoms with Crippen LogP contribution in [0.4, 0.5) is 4.79 Å². The van der Waals surface area contributed by atoms with E-state index in [-0.39, 0.29) is 5.92 Å². The minimum atomic E-state index is -1.37. The van der Waals surface area contributed by atoms with Crippen molar-refractivity contribution in [1.29, 1.82) is 0 Å². The van der Waals surface area contributed by atoms with Gasteiger partial charge in [0.2, 0.25) is 0 Å². The molecule has 3 N–H and O–H groups in total. The lowest BCUT2D eigenvalue weighted by Gasteiger charge is -2.25. The zero-order chi connectivity index (χ0) is 13.8. The van der Waals surface area contributed by atoms with Gasteiger partial charge in [-0.3, -0.25) is 0 Å². The first-order valence-electron chi connectivity index (χ1n) is 5.45. The van der Waals surface area contributed by atoms with Crippen molar-refractivity contribution >= 4 is 12.1 Å². The van der Waals surface area contributed by atoms with Crippen LogP contribution in [0.3, 0.4) is 0 Å². The molecule has 0 saturated carbocycles. The van der Waals surface area contributed by atoms with Crippen LogP contribution >= 0.6 is 0 Å². The highest BCUT2D eigenvalue weighted by Crippen LogP contribution is 2.10. The van der Waals surface area contributed by atoms with E-state index >= 15 is 0 Å². The number of carbonyl (C=O) groups excluding carboxylic acids is 1. The summed E-state index contributed by atoms with van der Waals surface area (Å²) in [5, 5.41) is 20.7. The third-order valence-electron chi connectivity index (χ3n) is 1.96. The molecule has 1 amide bonds. The second-order valence-electron chi connectivity index (χ2n) is 5.20. The molecule has 0 radical (unpaired) electrons. The van der Waals surface area contributed by atoms with Gasteiger partial charge in [0, 0.05) is 0 Å². The number of aliphatic carboxylic acids is 1. The van der Waals surface area contributed by atoms with Crippen LogP contribution in [0.15, 0.2) is 0 Å². The Morgan fingerprint density at radius 2 is 1.71 bits per heavy atom. The molecule has 6 heteroatoms. The number of aliphatic hydroxyl groups excluding tert-OH is 1. The number of amides is 1. The third kappa shape index (κ3) is 6.11. The lowest BCUT2D eigenvalue weighted by Crippen LogP contribution is -2.51. The third-order valence-corrected chi connectivity index (χ3v) is 1.96. The maximum atomic E-state index is 11.4. The number of carboxylic acids is 1. The first-order chi connectivity index (χ1) is 7.54. The normalized spacial score (nSPS) is 15.2. The summed E-state index contributed by atoms with van der Waals surface area (Å²) in [5.74, 6) is -1.58. The zero-order valence-corrected chi connectivity index (χ0v) is 10.9. The number of nitrogens with one attached hydrogen (secondary N) is 1. The van der Waals surface area contributed by atoms with Crippen molar-refractivity contribution in [3.05, 3.63) is 0 Å². The van der Waals surface area contributed by atoms with Crippen molar-refractivity contribution in [3.63, 3.8) is 0 Å². The summed E-state index contributed by atoms with van der Waals surface area (Å²) in [6, 6.07) is -1.37. The van der Waals surface area contributed by atoms with E-state index in [1.54, 1.807) is 34.6 Å². The summed E-state index contributed by atoms with van der Waals surface area (Å²) in [4.78, 5) is 22.3. The lowest BCUT2D eigenvalue weighted by atomic mass is 10.00. The number of hydrogen-bond donors (Lipinski definition) is 3. The Hall–Kier alpha value is -1.30. The van der Waals surface area contributed by atoms with Crippen molar-refractivity contribution in [2.24, 2.45) is 5.92 Å². The van der Waals surface area contributed by atoms with Crippen LogP contribution in [0, 0.1) is 5.92 Å². The first-order valence-corrected chi connectivity index (χ1v) is 5.45. The molecule has 0 aliphatic rings. The molecular weight excluding hydrogens is 226 g/mol. The molecule has 2 atom stereocenters. The van der Waals surface area contributed by atoms with E-state index in [4.69, 9.17) is 9.84 Å². The standard InChI is InChI=1S/C11H21NO5/c1-6(2)8(13)7(9(14)15)12-10(16)17-11(3,4)5/h6-8,13H,1-5H3,(H,12,16)(H,14,15)/t7-,8-/m1/s1. The van der Waals surface area contributed by atoms with Gasteiger partial charge in [-0.2, -0.15) is 0 Å². The summed E-state index contributed by atoms with van der Waals surface area (Å²) >= 11 is 0. The molecule has 0 aromatic carbocycles. The molecule has 0 unspecified atom stereocenters. The van der Waals surface area contributed by atoms with Crippen molar-refractivity contribution in [2.75, 3.05) is 0 Å². The van der Waals surface area contributed by atoms with Crippen LogP contribution in [0.2, 0.25) is 0 Å². The smallest absolute Gasteiger partial charge is 0.408 e. The van der Waals surface area contributed by atoms with Gasteiger partial charge >= 0.3 is 12.1 Å². The van der Waals surface area contributed by atoms with E-state index in [1.807, 2.05) is 0 Å². The number of rotatable bonds is 4. The van der Waals surface area contributed by atoms with Crippen LogP contribution in [0.1, 0.15) is 34.6 Å². The molecular formula is C11H21NO5. The Balaban J connectivity index is 4.57. The fraction of sp³-hybridized carbons (Fsp3) is 0.818. The molecule has 0 aliphatic heterocycles. The average Bonchev–Trinajstić information content (AvgIpc) is 2.09. The molecule has 0 saturated heterocycles. The van der Waals surface area contributed by atoms with Gasteiger partial charge in [0.1, 0.15) is 5.60 Å². The molecule has 0 aromatic rings. The number of carboxylic acid groups (broad SMARTS) is 1. The van der Waals surface area contributed by atoms with Crippen LogP contribution in [0.25, 0.3) is 0 Å². The van der Waals surface area contributed by atoms with Crippen molar-refractivity contribution in [1.82, 2.24) is 5.32 Å². The van der Waals surface area contributed by atoms with Crippen molar-refractivity contribution in [2.45, 2.75) is 52.4 Å². The quantitative estimate of drug-likeness (QED) is 0.688. The van der Waals surface area contributed by atoms with E-state index in [2.05, 4.69) is 5.32 Å². The van der Waals surface area contributed by atoms with Gasteiger partial charge in [0.25, 0.3) is 0 Å². The first kappa shape index (κ1) is 15.7. The molecule has 0 aromatic heterocycles. The van der Waals surface area contributed by atoms with Gasteiger partial charge in [-0.05, 0) is 26.7 Å². The summed E-state index contributed by atoms with van der Waals surface area (Å²) in [6.45, 7) is 8.33. The molecule has 0 bridgehead atoms. The Kier molecular flexibility index (Phi) is 5.41. The summed E-state index contributed by atoms with van der Waals surface area (Å²) in [6.07, 6.45) is -2.02. The number of aliphatic hydroxyl groups is 1. The van der Waals surface area contributed by atoms with E-state index in [1.165, 1.54) is 0 Å². The number of alkyl carbamates (subject to hydrolysis) is 1. The topological polar surface area (TPSA) is 95.9 Å². The summed E-state index contributed by atoms with van der Waals surface area (Å²) < 4.78 is 4.92. The monoisotopic (exact) mass is 247 g/mol. The number of carbonyl (C=O) groups is 2. The minimum Gasteiger partial charge on any atom is -0.480 e. The van der Waals surface area contributed by atoms with Crippen molar-refractivity contribution in [3.8, 4) is 0 Å². The molecule has 0 rings (SSSR count). The maximum Gasteiger partial charge on any atom is 0.408 e. The number of ether oxygens (including phenoxy) is 1. The van der Waals surface area contributed by atoms with Gasteiger partial charge in [-0.1, -0.05) is 13.8 Å². The van der Waals surface area contributed by atoms with Crippen LogP contribution in [-0.4, -0.2) is 40.0 Å². The SMILES string of the molecule is CC(C)[C@@H](O)[C@@H](NC(=O)OC(C)(C)C)C(=O)O. The second-order valence-corrected chi connectivity index (χ2v) is 5.20. The van der Waals surface area contributed by atoms with Crippen LogP contribution in [0.5, 0.6) is 0 Å².